The minimum atomic E-state index is -3.01. The summed E-state index contributed by atoms with van der Waals surface area (Å²) in [6.07, 6.45) is 1.55. The summed E-state index contributed by atoms with van der Waals surface area (Å²) in [4.78, 5) is 18.9. The zero-order chi connectivity index (χ0) is 18.0. The van der Waals surface area contributed by atoms with Crippen LogP contribution in [0.4, 0.5) is 0 Å². The smallest absolute Gasteiger partial charge is 0.251 e. The van der Waals surface area contributed by atoms with Gasteiger partial charge in [-0.2, -0.15) is 4.99 Å². The second-order valence-electron chi connectivity index (χ2n) is 6.66. The molecule has 2 saturated heterocycles. The van der Waals surface area contributed by atoms with Crippen LogP contribution in [0.25, 0.3) is 0 Å². The van der Waals surface area contributed by atoms with E-state index in [1.165, 1.54) is 11.8 Å². The molecule has 2 heterocycles. The Morgan fingerprint density at radius 1 is 1.24 bits per heavy atom. The molecule has 1 amide bonds. The lowest BCUT2D eigenvalue weighted by Crippen LogP contribution is -2.37. The van der Waals surface area contributed by atoms with Gasteiger partial charge in [-0.1, -0.05) is 55.9 Å². The van der Waals surface area contributed by atoms with E-state index in [2.05, 4.69) is 4.99 Å². The number of aliphatic imine (C=N–C) groups is 1. The Balaban J connectivity index is 1.87. The van der Waals surface area contributed by atoms with Gasteiger partial charge in [-0.3, -0.25) is 4.79 Å². The highest BCUT2D eigenvalue weighted by Gasteiger charge is 2.48. The van der Waals surface area contributed by atoms with Crippen LogP contribution in [-0.4, -0.2) is 47.2 Å². The quantitative estimate of drug-likeness (QED) is 0.786. The van der Waals surface area contributed by atoms with Gasteiger partial charge in [0, 0.05) is 17.7 Å². The van der Waals surface area contributed by atoms with Gasteiger partial charge in [-0.25, -0.2) is 8.42 Å². The Morgan fingerprint density at radius 2 is 1.92 bits per heavy atom. The number of sulfone groups is 1. The molecule has 0 spiro atoms. The molecule has 0 aromatic heterocycles. The predicted octanol–water partition coefficient (Wildman–Crippen LogP) is 2.72. The number of thioether (sulfide) groups is 1. The van der Waals surface area contributed by atoms with E-state index in [1.807, 2.05) is 49.1 Å². The van der Waals surface area contributed by atoms with Gasteiger partial charge < -0.3 is 4.90 Å². The summed E-state index contributed by atoms with van der Waals surface area (Å²) in [5.41, 5.74) is 1.09. The average Bonchev–Trinajstić information content (AvgIpc) is 3.02. The second-order valence-corrected chi connectivity index (χ2v) is 10.0. The van der Waals surface area contributed by atoms with Crippen molar-refractivity contribution in [3.63, 3.8) is 0 Å². The largest absolute Gasteiger partial charge is 0.342 e. The molecule has 7 heteroatoms. The normalized spacial score (nSPS) is 26.4. The topological polar surface area (TPSA) is 66.8 Å². The van der Waals surface area contributed by atoms with Crippen LogP contribution in [0.15, 0.2) is 35.3 Å². The Bertz CT molecular complexity index is 758. The van der Waals surface area contributed by atoms with Crippen molar-refractivity contribution in [1.29, 1.82) is 0 Å². The van der Waals surface area contributed by atoms with Crippen molar-refractivity contribution in [3.8, 4) is 0 Å². The number of benzene rings is 1. The minimum Gasteiger partial charge on any atom is -0.342 e. The Hall–Kier alpha value is -1.34. The van der Waals surface area contributed by atoms with Gasteiger partial charge in [-0.15, -0.1) is 0 Å². The van der Waals surface area contributed by atoms with Gasteiger partial charge in [0.1, 0.15) is 0 Å². The third-order valence-electron chi connectivity index (χ3n) is 4.91. The minimum absolute atomic E-state index is 0.0260. The third kappa shape index (κ3) is 4.08. The van der Waals surface area contributed by atoms with E-state index in [1.54, 1.807) is 0 Å². The van der Waals surface area contributed by atoms with Crippen molar-refractivity contribution in [3.05, 3.63) is 35.9 Å². The number of rotatable bonds is 5. The molecule has 2 aliphatic heterocycles. The Kier molecular flexibility index (Phi) is 5.53. The van der Waals surface area contributed by atoms with Crippen LogP contribution < -0.4 is 0 Å². The molecule has 5 nitrogen and oxygen atoms in total. The molecule has 1 aromatic rings. The van der Waals surface area contributed by atoms with Crippen molar-refractivity contribution in [2.24, 2.45) is 10.9 Å². The molecular formula is C18H24N2O3S2. The first-order chi connectivity index (χ1) is 11.9. The van der Waals surface area contributed by atoms with E-state index >= 15 is 0 Å². The summed E-state index contributed by atoms with van der Waals surface area (Å²) in [5.74, 6) is 0.172. The first kappa shape index (κ1) is 18.5. The molecule has 1 aromatic carbocycles. The van der Waals surface area contributed by atoms with Crippen molar-refractivity contribution in [2.75, 3.05) is 11.5 Å². The number of hydrogen-bond acceptors (Lipinski definition) is 4. The standard InChI is InChI=1S/C18H24N2O3S2/c1-3-14(4-2)17(21)19-18-20(10-13-8-6-5-7-9-13)15-11-25(22,23)12-16(15)24-18/h5-9,14-16H,3-4,10-12H2,1-2H3/t15-,16-/m0/s1. The molecule has 0 unspecified atom stereocenters. The summed E-state index contributed by atoms with van der Waals surface area (Å²) < 4.78 is 24.1. The maximum atomic E-state index is 12.5. The molecule has 3 rings (SSSR count). The van der Waals surface area contributed by atoms with Gasteiger partial charge in [-0.05, 0) is 18.4 Å². The molecular weight excluding hydrogens is 356 g/mol. The molecule has 2 atom stereocenters. The lowest BCUT2D eigenvalue weighted by molar-refractivity contribution is -0.121. The van der Waals surface area contributed by atoms with Crippen LogP contribution in [-0.2, 0) is 21.2 Å². The highest BCUT2D eigenvalue weighted by Crippen LogP contribution is 2.39. The summed E-state index contributed by atoms with van der Waals surface area (Å²) in [7, 11) is -3.01. The van der Waals surface area contributed by atoms with E-state index in [4.69, 9.17) is 0 Å². The van der Waals surface area contributed by atoms with Gasteiger partial charge >= 0.3 is 0 Å². The van der Waals surface area contributed by atoms with Crippen LogP contribution in [0.1, 0.15) is 32.3 Å². The number of carbonyl (C=O) groups is 1. The lowest BCUT2D eigenvalue weighted by Gasteiger charge is -2.24. The number of nitrogens with zero attached hydrogens (tertiary/aromatic N) is 2. The molecule has 0 saturated carbocycles. The van der Waals surface area contributed by atoms with Crippen LogP contribution in [0, 0.1) is 5.92 Å². The number of carbonyl (C=O) groups excluding carboxylic acids is 1. The summed E-state index contributed by atoms with van der Waals surface area (Å²) in [6.45, 7) is 4.58. The predicted molar refractivity (Wildman–Crippen MR) is 102 cm³/mol. The fraction of sp³-hybridized carbons (Fsp3) is 0.556. The number of hydrogen-bond donors (Lipinski definition) is 0. The van der Waals surface area contributed by atoms with Crippen molar-refractivity contribution < 1.29 is 13.2 Å². The monoisotopic (exact) mass is 380 g/mol. The van der Waals surface area contributed by atoms with Crippen LogP contribution in [0.5, 0.6) is 0 Å². The van der Waals surface area contributed by atoms with Crippen LogP contribution in [0.3, 0.4) is 0 Å². The molecule has 2 fully saturated rings. The van der Waals surface area contributed by atoms with Gasteiger partial charge in [0.2, 0.25) is 0 Å². The summed E-state index contributed by atoms with van der Waals surface area (Å²) >= 11 is 1.45. The van der Waals surface area contributed by atoms with Crippen molar-refractivity contribution in [2.45, 2.75) is 44.5 Å². The van der Waals surface area contributed by atoms with E-state index in [0.717, 1.165) is 18.4 Å². The fourth-order valence-corrected chi connectivity index (χ4v) is 7.38. The molecule has 0 aliphatic carbocycles. The fourth-order valence-electron chi connectivity index (χ4n) is 3.42. The van der Waals surface area contributed by atoms with E-state index in [9.17, 15) is 13.2 Å². The molecule has 0 radical (unpaired) electrons. The molecule has 2 aliphatic rings. The molecule has 136 valence electrons. The number of amides is 1. The van der Waals surface area contributed by atoms with Gasteiger partial charge in [0.15, 0.2) is 15.0 Å². The zero-order valence-corrected chi connectivity index (χ0v) is 16.2. The van der Waals surface area contributed by atoms with Crippen LogP contribution >= 0.6 is 11.8 Å². The van der Waals surface area contributed by atoms with Gasteiger partial charge in [0.25, 0.3) is 5.91 Å². The first-order valence-electron chi connectivity index (χ1n) is 8.73. The summed E-state index contributed by atoms with van der Waals surface area (Å²) in [6, 6.07) is 9.82. The highest BCUT2D eigenvalue weighted by molar-refractivity contribution is 8.15. The lowest BCUT2D eigenvalue weighted by atomic mass is 10.0. The Morgan fingerprint density at radius 3 is 2.56 bits per heavy atom. The SMILES string of the molecule is CCC(CC)C(=O)N=C1S[C@H]2CS(=O)(=O)C[C@@H]2N1Cc1ccccc1. The zero-order valence-electron chi connectivity index (χ0n) is 14.6. The van der Waals surface area contributed by atoms with Crippen molar-refractivity contribution in [1.82, 2.24) is 4.90 Å². The third-order valence-corrected chi connectivity index (χ3v) is 8.16. The maximum absolute atomic E-state index is 12.5. The van der Waals surface area contributed by atoms with E-state index in [-0.39, 0.29) is 34.6 Å². The molecule has 0 bridgehead atoms. The van der Waals surface area contributed by atoms with E-state index < -0.39 is 9.84 Å². The Labute approximate surface area is 153 Å². The number of amidine groups is 1. The average molecular weight is 381 g/mol. The summed E-state index contributed by atoms with van der Waals surface area (Å²) in [5, 5.41) is 0.660. The molecule has 0 N–H and O–H groups in total. The van der Waals surface area contributed by atoms with Crippen molar-refractivity contribution >= 4 is 32.7 Å². The van der Waals surface area contributed by atoms with Gasteiger partial charge in [0.05, 0.1) is 17.5 Å². The first-order valence-corrected chi connectivity index (χ1v) is 11.4. The van der Waals surface area contributed by atoms with Crippen LogP contribution in [0.2, 0.25) is 0 Å². The maximum Gasteiger partial charge on any atom is 0.251 e. The molecule has 25 heavy (non-hydrogen) atoms. The number of fused-ring (bicyclic) bond motifs is 1. The second kappa shape index (κ2) is 7.50. The highest BCUT2D eigenvalue weighted by atomic mass is 32.2. The van der Waals surface area contributed by atoms with E-state index in [0.29, 0.717) is 11.7 Å².